The van der Waals surface area contributed by atoms with Crippen LogP contribution in [0.3, 0.4) is 0 Å². The second kappa shape index (κ2) is 7.37. The molecule has 0 atom stereocenters. The molecule has 1 aromatic carbocycles. The van der Waals surface area contributed by atoms with Gasteiger partial charge in [-0.15, -0.1) is 5.10 Å². The molecule has 0 unspecified atom stereocenters. The SMILES string of the molecule is O=C(CCSc1nnnn1-c1ccccc1)N1CCOCC1. The van der Waals surface area contributed by atoms with Gasteiger partial charge in [-0.2, -0.15) is 4.68 Å². The molecule has 1 fully saturated rings. The third-order valence-corrected chi connectivity index (χ3v) is 4.27. The summed E-state index contributed by atoms with van der Waals surface area (Å²) in [6.07, 6.45) is 0.478. The molecule has 0 spiro atoms. The van der Waals surface area contributed by atoms with Crippen LogP contribution in [-0.2, 0) is 9.53 Å². The Labute approximate surface area is 132 Å². The van der Waals surface area contributed by atoms with Gasteiger partial charge in [-0.3, -0.25) is 4.79 Å². The summed E-state index contributed by atoms with van der Waals surface area (Å²) in [5, 5.41) is 12.4. The molecule has 1 aliphatic rings. The molecule has 0 radical (unpaired) electrons. The van der Waals surface area contributed by atoms with E-state index in [2.05, 4.69) is 15.5 Å². The fourth-order valence-corrected chi connectivity index (χ4v) is 3.02. The first-order valence-electron chi connectivity index (χ1n) is 7.17. The van der Waals surface area contributed by atoms with Gasteiger partial charge in [0, 0.05) is 25.3 Å². The van der Waals surface area contributed by atoms with Crippen molar-refractivity contribution in [2.24, 2.45) is 0 Å². The number of aromatic nitrogens is 4. The van der Waals surface area contributed by atoms with E-state index in [1.807, 2.05) is 35.2 Å². The van der Waals surface area contributed by atoms with Gasteiger partial charge in [0.05, 0.1) is 18.9 Å². The Bertz CT molecular complexity index is 613. The first-order chi connectivity index (χ1) is 10.8. The van der Waals surface area contributed by atoms with E-state index in [-0.39, 0.29) is 5.91 Å². The molecule has 116 valence electrons. The van der Waals surface area contributed by atoms with Gasteiger partial charge in [-0.05, 0) is 22.6 Å². The van der Waals surface area contributed by atoms with E-state index in [4.69, 9.17) is 4.74 Å². The second-order valence-electron chi connectivity index (χ2n) is 4.80. The van der Waals surface area contributed by atoms with Crippen LogP contribution >= 0.6 is 11.8 Å². The molecule has 0 N–H and O–H groups in total. The number of hydrogen-bond donors (Lipinski definition) is 0. The van der Waals surface area contributed by atoms with Crippen molar-refractivity contribution < 1.29 is 9.53 Å². The van der Waals surface area contributed by atoms with Crippen LogP contribution in [0.4, 0.5) is 0 Å². The van der Waals surface area contributed by atoms with Crippen molar-refractivity contribution in [1.82, 2.24) is 25.1 Å². The van der Waals surface area contributed by atoms with E-state index >= 15 is 0 Å². The molecule has 1 aromatic heterocycles. The second-order valence-corrected chi connectivity index (χ2v) is 5.86. The highest BCUT2D eigenvalue weighted by Crippen LogP contribution is 2.19. The van der Waals surface area contributed by atoms with Gasteiger partial charge in [-0.1, -0.05) is 30.0 Å². The minimum absolute atomic E-state index is 0.162. The Kier molecular flexibility index (Phi) is 5.02. The zero-order chi connectivity index (χ0) is 15.2. The number of carbonyl (C=O) groups is 1. The summed E-state index contributed by atoms with van der Waals surface area (Å²) in [6.45, 7) is 2.63. The highest BCUT2D eigenvalue weighted by molar-refractivity contribution is 7.99. The molecule has 2 aromatic rings. The smallest absolute Gasteiger partial charge is 0.223 e. The van der Waals surface area contributed by atoms with Gasteiger partial charge in [0.15, 0.2) is 0 Å². The number of tetrazole rings is 1. The van der Waals surface area contributed by atoms with Crippen LogP contribution in [0.1, 0.15) is 6.42 Å². The van der Waals surface area contributed by atoms with Crippen LogP contribution in [0.25, 0.3) is 5.69 Å². The molecule has 1 aliphatic heterocycles. The normalized spacial score (nSPS) is 15.0. The Hall–Kier alpha value is -1.93. The first-order valence-corrected chi connectivity index (χ1v) is 8.15. The molecule has 8 heteroatoms. The zero-order valence-electron chi connectivity index (χ0n) is 12.1. The van der Waals surface area contributed by atoms with E-state index in [1.54, 1.807) is 4.68 Å². The predicted molar refractivity (Wildman–Crippen MR) is 81.9 cm³/mol. The third kappa shape index (κ3) is 3.63. The quantitative estimate of drug-likeness (QED) is 0.766. The molecule has 22 heavy (non-hydrogen) atoms. The summed E-state index contributed by atoms with van der Waals surface area (Å²) in [5.74, 6) is 0.818. The summed E-state index contributed by atoms with van der Waals surface area (Å²) in [6, 6.07) is 9.71. The number of amides is 1. The first kappa shape index (κ1) is 15.0. The van der Waals surface area contributed by atoms with E-state index in [9.17, 15) is 4.79 Å². The lowest BCUT2D eigenvalue weighted by atomic mass is 10.3. The molecule has 1 saturated heterocycles. The molecule has 3 rings (SSSR count). The number of hydrogen-bond acceptors (Lipinski definition) is 6. The Morgan fingerprint density at radius 3 is 2.77 bits per heavy atom. The number of rotatable bonds is 5. The number of nitrogens with zero attached hydrogens (tertiary/aromatic N) is 5. The largest absolute Gasteiger partial charge is 0.378 e. The Morgan fingerprint density at radius 2 is 2.00 bits per heavy atom. The average molecular weight is 319 g/mol. The van der Waals surface area contributed by atoms with Crippen molar-refractivity contribution in [3.8, 4) is 5.69 Å². The van der Waals surface area contributed by atoms with E-state index < -0.39 is 0 Å². The molecular formula is C14H17N5O2S. The van der Waals surface area contributed by atoms with Crippen LogP contribution in [0.15, 0.2) is 35.5 Å². The summed E-state index contributed by atoms with van der Waals surface area (Å²) in [5.41, 5.74) is 0.912. The fourth-order valence-electron chi connectivity index (χ4n) is 2.20. The highest BCUT2D eigenvalue weighted by atomic mass is 32.2. The Balaban J connectivity index is 1.54. The number of ether oxygens (including phenoxy) is 1. The van der Waals surface area contributed by atoms with Gasteiger partial charge in [0.2, 0.25) is 11.1 Å². The molecule has 0 bridgehead atoms. The Morgan fingerprint density at radius 1 is 1.23 bits per heavy atom. The standard InChI is InChI=1S/C14H17N5O2S/c20-13(18-7-9-21-10-8-18)6-11-22-14-15-16-17-19(14)12-4-2-1-3-5-12/h1-5H,6-11H2. The van der Waals surface area contributed by atoms with Crippen LogP contribution < -0.4 is 0 Å². The number of morpholine rings is 1. The zero-order valence-corrected chi connectivity index (χ0v) is 12.9. The van der Waals surface area contributed by atoms with Crippen molar-refractivity contribution in [2.75, 3.05) is 32.1 Å². The van der Waals surface area contributed by atoms with Crippen LogP contribution in [0.2, 0.25) is 0 Å². The molecular weight excluding hydrogens is 302 g/mol. The number of benzene rings is 1. The monoisotopic (exact) mass is 319 g/mol. The molecule has 7 nitrogen and oxygen atoms in total. The summed E-state index contributed by atoms with van der Waals surface area (Å²) in [4.78, 5) is 13.9. The van der Waals surface area contributed by atoms with Crippen molar-refractivity contribution in [2.45, 2.75) is 11.6 Å². The van der Waals surface area contributed by atoms with Gasteiger partial charge in [0.25, 0.3) is 0 Å². The van der Waals surface area contributed by atoms with Crippen molar-refractivity contribution in [3.05, 3.63) is 30.3 Å². The number of para-hydroxylation sites is 1. The van der Waals surface area contributed by atoms with Gasteiger partial charge >= 0.3 is 0 Å². The van der Waals surface area contributed by atoms with E-state index in [1.165, 1.54) is 11.8 Å². The van der Waals surface area contributed by atoms with Gasteiger partial charge in [0.1, 0.15) is 0 Å². The highest BCUT2D eigenvalue weighted by Gasteiger charge is 2.17. The predicted octanol–water partition coefficient (Wildman–Crippen LogP) is 1.00. The van der Waals surface area contributed by atoms with Gasteiger partial charge < -0.3 is 9.64 Å². The maximum atomic E-state index is 12.1. The van der Waals surface area contributed by atoms with Crippen LogP contribution in [0, 0.1) is 0 Å². The fraction of sp³-hybridized carbons (Fsp3) is 0.429. The molecule has 0 aliphatic carbocycles. The van der Waals surface area contributed by atoms with Crippen molar-refractivity contribution in [3.63, 3.8) is 0 Å². The lowest BCUT2D eigenvalue weighted by Crippen LogP contribution is -2.40. The van der Waals surface area contributed by atoms with Crippen molar-refractivity contribution >= 4 is 17.7 Å². The topological polar surface area (TPSA) is 73.1 Å². The number of carbonyl (C=O) groups excluding carboxylic acids is 1. The van der Waals surface area contributed by atoms with E-state index in [0.29, 0.717) is 43.6 Å². The molecule has 2 heterocycles. The van der Waals surface area contributed by atoms with Crippen molar-refractivity contribution in [1.29, 1.82) is 0 Å². The minimum atomic E-state index is 0.162. The molecule has 0 saturated carbocycles. The minimum Gasteiger partial charge on any atom is -0.378 e. The van der Waals surface area contributed by atoms with Crippen LogP contribution in [-0.4, -0.2) is 63.1 Å². The summed E-state index contributed by atoms with van der Waals surface area (Å²) in [7, 11) is 0. The lowest BCUT2D eigenvalue weighted by Gasteiger charge is -2.26. The maximum absolute atomic E-state index is 12.1. The van der Waals surface area contributed by atoms with Gasteiger partial charge in [-0.25, -0.2) is 0 Å². The average Bonchev–Trinajstić information content (AvgIpc) is 3.05. The maximum Gasteiger partial charge on any atom is 0.223 e. The third-order valence-electron chi connectivity index (χ3n) is 3.35. The number of thioether (sulfide) groups is 1. The van der Waals surface area contributed by atoms with E-state index in [0.717, 1.165) is 5.69 Å². The van der Waals surface area contributed by atoms with Crippen LogP contribution in [0.5, 0.6) is 0 Å². The molecule has 1 amide bonds. The lowest BCUT2D eigenvalue weighted by molar-refractivity contribution is -0.134. The summed E-state index contributed by atoms with van der Waals surface area (Å²) < 4.78 is 6.93. The summed E-state index contributed by atoms with van der Waals surface area (Å²) >= 11 is 1.49.